The molecular formula is C14H13FN2O3. The smallest absolute Gasteiger partial charge is 0.338 e. The highest BCUT2D eigenvalue weighted by molar-refractivity contribution is 5.89. The van der Waals surface area contributed by atoms with E-state index >= 15 is 0 Å². The standard InChI is InChI=1S/C14H13FN2O3/c1-2-20-10-5-3-9(4-6-10)17-13-12(15)11(14(18)19)7-8-16-13/h3-8H,2H2,1H3,(H,16,17)(H,18,19). The second-order valence-electron chi connectivity index (χ2n) is 3.91. The summed E-state index contributed by atoms with van der Waals surface area (Å²) in [6, 6.07) is 7.95. The molecule has 104 valence electrons. The maximum absolute atomic E-state index is 13.9. The average molecular weight is 276 g/mol. The Bertz CT molecular complexity index is 614. The number of nitrogens with zero attached hydrogens (tertiary/aromatic N) is 1. The predicted octanol–water partition coefficient (Wildman–Crippen LogP) is 3.06. The van der Waals surface area contributed by atoms with Gasteiger partial charge in [-0.05, 0) is 37.3 Å². The number of hydrogen-bond donors (Lipinski definition) is 2. The number of carboxylic acids is 1. The summed E-state index contributed by atoms with van der Waals surface area (Å²) < 4.78 is 19.2. The lowest BCUT2D eigenvalue weighted by Crippen LogP contribution is -2.05. The van der Waals surface area contributed by atoms with E-state index < -0.39 is 17.3 Å². The van der Waals surface area contributed by atoms with Gasteiger partial charge in [-0.1, -0.05) is 0 Å². The summed E-state index contributed by atoms with van der Waals surface area (Å²) in [6.45, 7) is 2.44. The van der Waals surface area contributed by atoms with E-state index in [1.165, 1.54) is 6.20 Å². The third-order valence-corrected chi connectivity index (χ3v) is 2.55. The van der Waals surface area contributed by atoms with Crippen LogP contribution in [0.4, 0.5) is 15.9 Å². The van der Waals surface area contributed by atoms with Gasteiger partial charge in [-0.2, -0.15) is 0 Å². The molecule has 0 saturated heterocycles. The van der Waals surface area contributed by atoms with Crippen LogP contribution >= 0.6 is 0 Å². The number of ether oxygens (including phenoxy) is 1. The van der Waals surface area contributed by atoms with Gasteiger partial charge in [0, 0.05) is 11.9 Å². The molecule has 5 nitrogen and oxygen atoms in total. The summed E-state index contributed by atoms with van der Waals surface area (Å²) in [5.41, 5.74) is 0.163. The predicted molar refractivity (Wildman–Crippen MR) is 72.0 cm³/mol. The van der Waals surface area contributed by atoms with Crippen LogP contribution in [0, 0.1) is 5.82 Å². The second kappa shape index (κ2) is 6.01. The molecule has 1 heterocycles. The molecule has 6 heteroatoms. The van der Waals surface area contributed by atoms with E-state index in [2.05, 4.69) is 10.3 Å². The number of aromatic carboxylic acids is 1. The third kappa shape index (κ3) is 3.03. The molecule has 0 amide bonds. The first-order valence-electron chi connectivity index (χ1n) is 5.99. The van der Waals surface area contributed by atoms with Gasteiger partial charge < -0.3 is 15.2 Å². The monoisotopic (exact) mass is 276 g/mol. The van der Waals surface area contributed by atoms with Gasteiger partial charge in [0.1, 0.15) is 11.3 Å². The molecule has 20 heavy (non-hydrogen) atoms. The van der Waals surface area contributed by atoms with Crippen molar-refractivity contribution in [1.82, 2.24) is 4.98 Å². The summed E-state index contributed by atoms with van der Waals surface area (Å²) in [5.74, 6) is -1.66. The Kier molecular flexibility index (Phi) is 4.14. The van der Waals surface area contributed by atoms with E-state index in [0.717, 1.165) is 6.07 Å². The van der Waals surface area contributed by atoms with Gasteiger partial charge in [0.2, 0.25) is 0 Å². The summed E-state index contributed by atoms with van der Waals surface area (Å²) in [5, 5.41) is 11.6. The lowest BCUT2D eigenvalue weighted by atomic mass is 10.2. The van der Waals surface area contributed by atoms with Crippen LogP contribution in [0.2, 0.25) is 0 Å². The highest BCUT2D eigenvalue weighted by atomic mass is 19.1. The van der Waals surface area contributed by atoms with Crippen molar-refractivity contribution in [2.45, 2.75) is 6.92 Å². The Labute approximate surface area is 115 Å². The number of aromatic nitrogens is 1. The Hall–Kier alpha value is -2.63. The van der Waals surface area contributed by atoms with Crippen molar-refractivity contribution in [1.29, 1.82) is 0 Å². The van der Waals surface area contributed by atoms with Crippen LogP contribution in [-0.2, 0) is 0 Å². The van der Waals surface area contributed by atoms with Crippen molar-refractivity contribution in [3.05, 3.63) is 47.9 Å². The molecule has 2 rings (SSSR count). The quantitative estimate of drug-likeness (QED) is 0.878. The molecule has 0 aliphatic rings. The summed E-state index contributed by atoms with van der Waals surface area (Å²) in [4.78, 5) is 14.6. The topological polar surface area (TPSA) is 71.5 Å². The molecule has 1 aromatic heterocycles. The molecule has 0 bridgehead atoms. The van der Waals surface area contributed by atoms with Gasteiger partial charge in [-0.3, -0.25) is 0 Å². The van der Waals surface area contributed by atoms with Gasteiger partial charge >= 0.3 is 5.97 Å². The number of halogens is 1. The van der Waals surface area contributed by atoms with Crippen LogP contribution in [0.15, 0.2) is 36.5 Å². The van der Waals surface area contributed by atoms with Gasteiger partial charge in [0.15, 0.2) is 11.6 Å². The number of hydrogen-bond acceptors (Lipinski definition) is 4. The molecule has 0 radical (unpaired) electrons. The molecule has 0 saturated carbocycles. The van der Waals surface area contributed by atoms with Gasteiger partial charge in [-0.25, -0.2) is 14.2 Å². The fourth-order valence-electron chi connectivity index (χ4n) is 1.63. The molecule has 0 aliphatic heterocycles. The Morgan fingerprint density at radius 3 is 2.65 bits per heavy atom. The number of nitrogens with one attached hydrogen (secondary N) is 1. The number of anilines is 2. The van der Waals surface area contributed by atoms with Crippen molar-refractivity contribution < 1.29 is 19.0 Å². The highest BCUT2D eigenvalue weighted by Gasteiger charge is 2.15. The van der Waals surface area contributed by atoms with E-state index in [4.69, 9.17) is 9.84 Å². The maximum atomic E-state index is 13.9. The number of rotatable bonds is 5. The van der Waals surface area contributed by atoms with Crippen molar-refractivity contribution in [3.63, 3.8) is 0 Å². The number of carbonyl (C=O) groups is 1. The largest absolute Gasteiger partial charge is 0.494 e. The molecule has 0 atom stereocenters. The molecule has 0 aliphatic carbocycles. The lowest BCUT2D eigenvalue weighted by molar-refractivity contribution is 0.0692. The zero-order valence-electron chi connectivity index (χ0n) is 10.8. The van der Waals surface area contributed by atoms with E-state index in [1.807, 2.05) is 6.92 Å². The Morgan fingerprint density at radius 1 is 1.35 bits per heavy atom. The fourth-order valence-corrected chi connectivity index (χ4v) is 1.63. The summed E-state index contributed by atoms with van der Waals surface area (Å²) in [6.07, 6.45) is 1.24. The van der Waals surface area contributed by atoms with Crippen LogP contribution in [0.5, 0.6) is 5.75 Å². The van der Waals surface area contributed by atoms with Crippen LogP contribution < -0.4 is 10.1 Å². The summed E-state index contributed by atoms with van der Waals surface area (Å²) >= 11 is 0. The van der Waals surface area contributed by atoms with E-state index in [-0.39, 0.29) is 5.82 Å². The maximum Gasteiger partial charge on any atom is 0.338 e. The van der Waals surface area contributed by atoms with E-state index in [9.17, 15) is 9.18 Å². The van der Waals surface area contributed by atoms with Gasteiger partial charge in [0.05, 0.1) is 6.61 Å². The van der Waals surface area contributed by atoms with Crippen molar-refractivity contribution in [2.24, 2.45) is 0 Å². The van der Waals surface area contributed by atoms with Crippen molar-refractivity contribution >= 4 is 17.5 Å². The van der Waals surface area contributed by atoms with Crippen LogP contribution in [0.25, 0.3) is 0 Å². The molecule has 0 spiro atoms. The van der Waals surface area contributed by atoms with E-state index in [0.29, 0.717) is 18.0 Å². The molecule has 0 unspecified atom stereocenters. The minimum absolute atomic E-state index is 0.131. The number of benzene rings is 1. The highest BCUT2D eigenvalue weighted by Crippen LogP contribution is 2.22. The molecule has 2 aromatic rings. The lowest BCUT2D eigenvalue weighted by Gasteiger charge is -2.09. The van der Waals surface area contributed by atoms with E-state index in [1.54, 1.807) is 24.3 Å². The first kappa shape index (κ1) is 13.8. The van der Waals surface area contributed by atoms with Crippen molar-refractivity contribution in [3.8, 4) is 5.75 Å². The molecule has 2 N–H and O–H groups in total. The van der Waals surface area contributed by atoms with Gasteiger partial charge in [0.25, 0.3) is 0 Å². The fraction of sp³-hybridized carbons (Fsp3) is 0.143. The first-order valence-corrected chi connectivity index (χ1v) is 5.99. The minimum Gasteiger partial charge on any atom is -0.494 e. The van der Waals surface area contributed by atoms with Crippen molar-refractivity contribution in [2.75, 3.05) is 11.9 Å². The number of carboxylic acid groups (broad SMARTS) is 1. The van der Waals surface area contributed by atoms with Gasteiger partial charge in [-0.15, -0.1) is 0 Å². The zero-order chi connectivity index (χ0) is 14.5. The molecule has 0 fully saturated rings. The SMILES string of the molecule is CCOc1ccc(Nc2nccc(C(=O)O)c2F)cc1. The van der Waals surface area contributed by atoms with Crippen LogP contribution in [0.3, 0.4) is 0 Å². The molecular weight excluding hydrogens is 263 g/mol. The van der Waals surface area contributed by atoms with Crippen LogP contribution in [0.1, 0.15) is 17.3 Å². The summed E-state index contributed by atoms with van der Waals surface area (Å²) in [7, 11) is 0. The molecule has 1 aromatic carbocycles. The Morgan fingerprint density at radius 2 is 2.05 bits per heavy atom. The van der Waals surface area contributed by atoms with Crippen LogP contribution in [-0.4, -0.2) is 22.7 Å². The second-order valence-corrected chi connectivity index (χ2v) is 3.91. The Balaban J connectivity index is 2.21. The average Bonchev–Trinajstić information content (AvgIpc) is 2.43. The zero-order valence-corrected chi connectivity index (χ0v) is 10.8. The third-order valence-electron chi connectivity index (χ3n) is 2.55. The number of pyridine rings is 1. The normalized spacial score (nSPS) is 10.1. The first-order chi connectivity index (χ1) is 9.61. The minimum atomic E-state index is -1.33.